The van der Waals surface area contributed by atoms with Crippen LogP contribution in [0.15, 0.2) is 17.6 Å². The molecule has 6 heteroatoms. The molecule has 2 rings (SSSR count). The van der Waals surface area contributed by atoms with Crippen molar-refractivity contribution < 1.29 is 0 Å². The number of halogens is 1. The van der Waals surface area contributed by atoms with Crippen LogP contribution in [0.3, 0.4) is 0 Å². The summed E-state index contributed by atoms with van der Waals surface area (Å²) in [5.74, 6) is 0.400. The van der Waals surface area contributed by atoms with E-state index in [0.717, 1.165) is 0 Å². The Morgan fingerprint density at radius 2 is 2.14 bits per heavy atom. The van der Waals surface area contributed by atoms with Gasteiger partial charge in [0.25, 0.3) is 0 Å². The number of nitrogens with zero attached hydrogens (tertiary/aromatic N) is 3. The zero-order chi connectivity index (χ0) is 10.1. The van der Waals surface area contributed by atoms with E-state index in [1.165, 1.54) is 18.0 Å². The molecule has 0 amide bonds. The number of fused-ring (bicyclic) bond motifs is 1. The Labute approximate surface area is 89.9 Å². The zero-order valence-electron chi connectivity index (χ0n) is 7.36. The molecule has 0 fully saturated rings. The van der Waals surface area contributed by atoms with E-state index in [-0.39, 0.29) is 0 Å². The molecule has 2 aromatic rings. The quantitative estimate of drug-likeness (QED) is 0.595. The van der Waals surface area contributed by atoms with E-state index >= 15 is 0 Å². The number of nitrogen functional groups attached to an aromatic ring is 1. The molecule has 0 aliphatic carbocycles. The number of pyridine rings is 1. The second-order valence-electron chi connectivity index (χ2n) is 2.61. The van der Waals surface area contributed by atoms with Crippen LogP contribution in [0.25, 0.3) is 10.9 Å². The lowest BCUT2D eigenvalue weighted by Crippen LogP contribution is -1.95. The molecule has 0 aliphatic heterocycles. The smallest absolute Gasteiger partial charge is 0.187 e. The lowest BCUT2D eigenvalue weighted by Gasteiger charge is -2.02. The van der Waals surface area contributed by atoms with Gasteiger partial charge in [-0.25, -0.2) is 15.0 Å². The Balaban J connectivity index is 2.80. The first-order valence-electron chi connectivity index (χ1n) is 3.83. The third-order valence-corrected chi connectivity index (χ3v) is 2.61. The summed E-state index contributed by atoms with van der Waals surface area (Å²) in [6, 6.07) is 0. The van der Waals surface area contributed by atoms with Gasteiger partial charge in [-0.3, -0.25) is 0 Å². The zero-order valence-corrected chi connectivity index (χ0v) is 8.93. The molecule has 0 bridgehead atoms. The molecule has 4 nitrogen and oxygen atoms in total. The molecule has 0 spiro atoms. The van der Waals surface area contributed by atoms with E-state index < -0.39 is 0 Å². The van der Waals surface area contributed by atoms with Crippen molar-refractivity contribution in [2.24, 2.45) is 0 Å². The summed E-state index contributed by atoms with van der Waals surface area (Å²) in [6.07, 6.45) is 5.04. The fourth-order valence-corrected chi connectivity index (χ4v) is 1.62. The molecule has 0 atom stereocenters. The highest BCUT2D eigenvalue weighted by molar-refractivity contribution is 7.98. The lowest BCUT2D eigenvalue weighted by atomic mass is 10.3. The molecule has 0 aliphatic rings. The Hall–Kier alpha value is -1.07. The minimum Gasteiger partial charge on any atom is -0.383 e. The van der Waals surface area contributed by atoms with E-state index in [9.17, 15) is 0 Å². The first kappa shape index (κ1) is 9.48. The van der Waals surface area contributed by atoms with Crippen molar-refractivity contribution in [1.29, 1.82) is 0 Å². The Kier molecular flexibility index (Phi) is 2.43. The molecule has 2 aromatic heterocycles. The topological polar surface area (TPSA) is 64.7 Å². The average molecular weight is 227 g/mol. The van der Waals surface area contributed by atoms with Crippen LogP contribution in [0.2, 0.25) is 5.02 Å². The normalized spacial score (nSPS) is 10.7. The van der Waals surface area contributed by atoms with Gasteiger partial charge in [-0.1, -0.05) is 23.4 Å². The van der Waals surface area contributed by atoms with Crippen LogP contribution in [0.5, 0.6) is 0 Å². The van der Waals surface area contributed by atoms with Crippen LogP contribution in [-0.2, 0) is 0 Å². The number of hydrogen-bond acceptors (Lipinski definition) is 5. The molecule has 0 aromatic carbocycles. The minimum atomic E-state index is 0.400. The molecule has 0 unspecified atom stereocenters. The van der Waals surface area contributed by atoms with Crippen LogP contribution >= 0.6 is 23.4 Å². The maximum absolute atomic E-state index is 5.94. The molecule has 14 heavy (non-hydrogen) atoms. The summed E-state index contributed by atoms with van der Waals surface area (Å²) in [4.78, 5) is 12.3. The maximum atomic E-state index is 5.94. The van der Waals surface area contributed by atoms with Gasteiger partial charge in [0.2, 0.25) is 0 Å². The molecule has 0 saturated carbocycles. The number of rotatable bonds is 1. The van der Waals surface area contributed by atoms with Crippen molar-refractivity contribution in [2.75, 3.05) is 12.0 Å². The Morgan fingerprint density at radius 1 is 1.36 bits per heavy atom. The van der Waals surface area contributed by atoms with Crippen molar-refractivity contribution in [2.45, 2.75) is 5.16 Å². The summed E-state index contributed by atoms with van der Waals surface area (Å²) in [5, 5.41) is 1.85. The van der Waals surface area contributed by atoms with E-state index in [4.69, 9.17) is 17.3 Å². The number of thioether (sulfide) groups is 1. The highest BCUT2D eigenvalue weighted by Gasteiger charge is 2.06. The fraction of sp³-hybridized carbons (Fsp3) is 0.125. The monoisotopic (exact) mass is 226 g/mol. The van der Waals surface area contributed by atoms with Crippen molar-refractivity contribution in [1.82, 2.24) is 15.0 Å². The standard InChI is InChI=1S/C8H7ClN4S/c1-14-8-12-2-4-6(13-8)5(9)3-11-7(4)10/h2-3H,1H3,(H2,10,11). The van der Waals surface area contributed by atoms with Crippen LogP contribution in [0.4, 0.5) is 5.82 Å². The van der Waals surface area contributed by atoms with Crippen molar-refractivity contribution in [3.63, 3.8) is 0 Å². The van der Waals surface area contributed by atoms with E-state index in [1.807, 2.05) is 6.26 Å². The van der Waals surface area contributed by atoms with Gasteiger partial charge in [-0.05, 0) is 6.26 Å². The van der Waals surface area contributed by atoms with Crippen molar-refractivity contribution in [3.8, 4) is 0 Å². The molecule has 72 valence electrons. The third kappa shape index (κ3) is 1.49. The van der Waals surface area contributed by atoms with Crippen LogP contribution in [-0.4, -0.2) is 21.2 Å². The molecular formula is C8H7ClN4S. The lowest BCUT2D eigenvalue weighted by molar-refractivity contribution is 1.01. The van der Waals surface area contributed by atoms with Gasteiger partial charge in [0, 0.05) is 6.20 Å². The maximum Gasteiger partial charge on any atom is 0.187 e. The molecule has 2 heterocycles. The van der Waals surface area contributed by atoms with Gasteiger partial charge < -0.3 is 5.73 Å². The van der Waals surface area contributed by atoms with Crippen LogP contribution in [0.1, 0.15) is 0 Å². The van der Waals surface area contributed by atoms with Crippen LogP contribution in [0, 0.1) is 0 Å². The highest BCUT2D eigenvalue weighted by atomic mass is 35.5. The van der Waals surface area contributed by atoms with Gasteiger partial charge in [-0.15, -0.1) is 0 Å². The predicted octanol–water partition coefficient (Wildman–Crippen LogP) is 1.98. The largest absolute Gasteiger partial charge is 0.383 e. The van der Waals surface area contributed by atoms with Gasteiger partial charge in [-0.2, -0.15) is 0 Å². The van der Waals surface area contributed by atoms with E-state index in [0.29, 0.717) is 26.9 Å². The summed E-state index contributed by atoms with van der Waals surface area (Å²) >= 11 is 7.40. The minimum absolute atomic E-state index is 0.400. The number of aromatic nitrogens is 3. The van der Waals surface area contributed by atoms with Gasteiger partial charge in [0.05, 0.1) is 22.1 Å². The fourth-order valence-electron chi connectivity index (χ4n) is 1.09. The molecule has 2 N–H and O–H groups in total. The first-order chi connectivity index (χ1) is 6.72. The van der Waals surface area contributed by atoms with Crippen LogP contribution < -0.4 is 5.73 Å². The second kappa shape index (κ2) is 3.59. The SMILES string of the molecule is CSc1ncc2c(N)ncc(Cl)c2n1. The summed E-state index contributed by atoms with van der Waals surface area (Å²) in [5.41, 5.74) is 6.31. The van der Waals surface area contributed by atoms with Crippen molar-refractivity contribution >= 4 is 40.1 Å². The van der Waals surface area contributed by atoms with Gasteiger partial charge in [0.1, 0.15) is 5.82 Å². The van der Waals surface area contributed by atoms with E-state index in [2.05, 4.69) is 15.0 Å². The van der Waals surface area contributed by atoms with E-state index in [1.54, 1.807) is 6.20 Å². The number of hydrogen-bond donors (Lipinski definition) is 1. The third-order valence-electron chi connectivity index (χ3n) is 1.77. The average Bonchev–Trinajstić information content (AvgIpc) is 2.23. The van der Waals surface area contributed by atoms with Gasteiger partial charge >= 0.3 is 0 Å². The Morgan fingerprint density at radius 3 is 2.86 bits per heavy atom. The second-order valence-corrected chi connectivity index (χ2v) is 3.79. The van der Waals surface area contributed by atoms with Gasteiger partial charge in [0.15, 0.2) is 5.16 Å². The number of nitrogens with two attached hydrogens (primary N) is 1. The number of anilines is 1. The highest BCUT2D eigenvalue weighted by Crippen LogP contribution is 2.25. The summed E-state index contributed by atoms with van der Waals surface area (Å²) in [6.45, 7) is 0. The molecular weight excluding hydrogens is 220 g/mol. The first-order valence-corrected chi connectivity index (χ1v) is 5.43. The molecule has 0 saturated heterocycles. The predicted molar refractivity (Wildman–Crippen MR) is 58.5 cm³/mol. The summed E-state index contributed by atoms with van der Waals surface area (Å²) < 4.78 is 0. The van der Waals surface area contributed by atoms with Crippen molar-refractivity contribution in [3.05, 3.63) is 17.4 Å². The Bertz CT molecular complexity index is 488. The summed E-state index contributed by atoms with van der Waals surface area (Å²) in [7, 11) is 0. The molecule has 0 radical (unpaired) electrons.